The Morgan fingerprint density at radius 2 is 2.11 bits per heavy atom. The minimum Gasteiger partial charge on any atom is -0.351 e. The summed E-state index contributed by atoms with van der Waals surface area (Å²) < 4.78 is 0. The Bertz CT molecular complexity index is 533. The van der Waals surface area contributed by atoms with Crippen LogP contribution in [0.2, 0.25) is 5.02 Å². The summed E-state index contributed by atoms with van der Waals surface area (Å²) in [6.45, 7) is 2.67. The van der Waals surface area contributed by atoms with Gasteiger partial charge in [-0.3, -0.25) is 9.89 Å². The number of hydrogen-bond acceptors (Lipinski definition) is 2. The molecule has 0 atom stereocenters. The molecule has 0 radical (unpaired) electrons. The lowest BCUT2D eigenvalue weighted by Gasteiger charge is -1.99. The van der Waals surface area contributed by atoms with Crippen molar-refractivity contribution >= 4 is 17.5 Å². The zero-order chi connectivity index (χ0) is 13.0. The van der Waals surface area contributed by atoms with Gasteiger partial charge in [0.05, 0.1) is 5.69 Å². The van der Waals surface area contributed by atoms with Crippen LogP contribution < -0.4 is 5.32 Å². The molecule has 2 rings (SSSR count). The first-order valence-corrected chi connectivity index (χ1v) is 6.18. The van der Waals surface area contributed by atoms with E-state index in [2.05, 4.69) is 15.5 Å². The molecule has 0 aliphatic carbocycles. The van der Waals surface area contributed by atoms with Gasteiger partial charge in [-0.15, -0.1) is 0 Å². The van der Waals surface area contributed by atoms with Crippen LogP contribution in [0.3, 0.4) is 0 Å². The summed E-state index contributed by atoms with van der Waals surface area (Å²) in [5, 5.41) is 10.3. The second-order valence-corrected chi connectivity index (χ2v) is 4.37. The minimum atomic E-state index is -0.135. The fourth-order valence-corrected chi connectivity index (χ4v) is 1.67. The molecule has 0 spiro atoms. The minimum absolute atomic E-state index is 0.135. The average Bonchev–Trinajstić information content (AvgIpc) is 2.86. The number of hydrogen-bond donors (Lipinski definition) is 2. The molecule has 0 saturated carbocycles. The number of benzene rings is 1. The van der Waals surface area contributed by atoms with Crippen LogP contribution in [0.15, 0.2) is 30.3 Å². The van der Waals surface area contributed by atoms with E-state index in [1.54, 1.807) is 18.2 Å². The molecule has 1 amide bonds. The maximum absolute atomic E-state index is 11.7. The molecule has 1 heterocycles. The number of nitrogens with zero attached hydrogens (tertiary/aromatic N) is 1. The highest BCUT2D eigenvalue weighted by atomic mass is 35.5. The van der Waals surface area contributed by atoms with E-state index in [4.69, 9.17) is 11.6 Å². The van der Waals surface area contributed by atoms with Crippen molar-refractivity contribution in [3.8, 4) is 11.3 Å². The molecule has 0 unspecified atom stereocenters. The van der Waals surface area contributed by atoms with Crippen LogP contribution in [-0.4, -0.2) is 22.6 Å². The topological polar surface area (TPSA) is 57.8 Å². The Hall–Kier alpha value is -1.81. The Morgan fingerprint density at radius 3 is 2.78 bits per heavy atom. The van der Waals surface area contributed by atoms with Gasteiger partial charge < -0.3 is 5.32 Å². The first kappa shape index (κ1) is 12.6. The standard InChI is InChI=1S/C13H14ClN3O/c1-2-7-15-13(18)12-8-11(16-17-12)9-3-5-10(14)6-4-9/h3-6,8H,2,7H2,1H3,(H,15,18)(H,16,17). The molecule has 0 fully saturated rings. The summed E-state index contributed by atoms with van der Waals surface area (Å²) >= 11 is 5.82. The summed E-state index contributed by atoms with van der Waals surface area (Å²) in [4.78, 5) is 11.7. The highest BCUT2D eigenvalue weighted by molar-refractivity contribution is 6.30. The number of H-pyrrole nitrogens is 1. The van der Waals surface area contributed by atoms with Gasteiger partial charge in [-0.25, -0.2) is 0 Å². The smallest absolute Gasteiger partial charge is 0.269 e. The van der Waals surface area contributed by atoms with Crippen LogP contribution in [0.5, 0.6) is 0 Å². The van der Waals surface area contributed by atoms with Crippen LogP contribution in [-0.2, 0) is 0 Å². The van der Waals surface area contributed by atoms with Crippen LogP contribution >= 0.6 is 11.6 Å². The number of rotatable bonds is 4. The van der Waals surface area contributed by atoms with Crippen LogP contribution in [0.4, 0.5) is 0 Å². The highest BCUT2D eigenvalue weighted by Crippen LogP contribution is 2.20. The largest absolute Gasteiger partial charge is 0.351 e. The molecule has 0 saturated heterocycles. The molecule has 0 aliphatic rings. The van der Waals surface area contributed by atoms with Crippen molar-refractivity contribution in [2.24, 2.45) is 0 Å². The molecule has 4 nitrogen and oxygen atoms in total. The molecule has 1 aromatic heterocycles. The van der Waals surface area contributed by atoms with E-state index >= 15 is 0 Å². The lowest BCUT2D eigenvalue weighted by molar-refractivity contribution is 0.0948. The fourth-order valence-electron chi connectivity index (χ4n) is 1.54. The third-order valence-corrected chi connectivity index (χ3v) is 2.75. The Kier molecular flexibility index (Phi) is 3.99. The molecule has 2 N–H and O–H groups in total. The first-order valence-electron chi connectivity index (χ1n) is 5.80. The van der Waals surface area contributed by atoms with Crippen LogP contribution in [0, 0.1) is 0 Å². The SMILES string of the molecule is CCCNC(=O)c1cc(-c2ccc(Cl)cc2)n[nH]1. The lowest BCUT2D eigenvalue weighted by atomic mass is 10.1. The van der Waals surface area contributed by atoms with Crippen LogP contribution in [0.1, 0.15) is 23.8 Å². The number of amides is 1. The molecule has 0 aliphatic heterocycles. The predicted octanol–water partition coefficient (Wildman–Crippen LogP) is 2.87. The molecule has 0 bridgehead atoms. The van der Waals surface area contributed by atoms with E-state index in [1.165, 1.54) is 0 Å². The van der Waals surface area contributed by atoms with Gasteiger partial charge in [-0.1, -0.05) is 30.7 Å². The van der Waals surface area contributed by atoms with E-state index in [9.17, 15) is 4.79 Å². The molecule has 5 heteroatoms. The molecule has 18 heavy (non-hydrogen) atoms. The van der Waals surface area contributed by atoms with Crippen molar-refractivity contribution in [1.29, 1.82) is 0 Å². The van der Waals surface area contributed by atoms with Gasteiger partial charge in [0.25, 0.3) is 5.91 Å². The van der Waals surface area contributed by atoms with Gasteiger partial charge in [0.2, 0.25) is 0 Å². The maximum Gasteiger partial charge on any atom is 0.269 e. The van der Waals surface area contributed by atoms with Gasteiger partial charge in [-0.2, -0.15) is 5.10 Å². The maximum atomic E-state index is 11.7. The zero-order valence-corrected chi connectivity index (χ0v) is 10.8. The van der Waals surface area contributed by atoms with Crippen molar-refractivity contribution in [1.82, 2.24) is 15.5 Å². The number of halogens is 1. The fraction of sp³-hybridized carbons (Fsp3) is 0.231. The van der Waals surface area contributed by atoms with Crippen molar-refractivity contribution in [2.75, 3.05) is 6.54 Å². The zero-order valence-electron chi connectivity index (χ0n) is 10.0. The number of nitrogens with one attached hydrogen (secondary N) is 2. The normalized spacial score (nSPS) is 10.3. The summed E-state index contributed by atoms with van der Waals surface area (Å²) in [5.74, 6) is -0.135. The van der Waals surface area contributed by atoms with E-state index in [-0.39, 0.29) is 5.91 Å². The molecule has 1 aromatic carbocycles. The number of carbonyl (C=O) groups is 1. The monoisotopic (exact) mass is 263 g/mol. The average molecular weight is 264 g/mol. The van der Waals surface area contributed by atoms with Gasteiger partial charge in [-0.05, 0) is 24.6 Å². The van der Waals surface area contributed by atoms with Crippen molar-refractivity contribution in [2.45, 2.75) is 13.3 Å². The summed E-state index contributed by atoms with van der Waals surface area (Å²) in [5.41, 5.74) is 2.12. The van der Waals surface area contributed by atoms with Gasteiger partial charge in [0, 0.05) is 17.1 Å². The van der Waals surface area contributed by atoms with Crippen molar-refractivity contribution in [3.63, 3.8) is 0 Å². The van der Waals surface area contributed by atoms with E-state index < -0.39 is 0 Å². The lowest BCUT2D eigenvalue weighted by Crippen LogP contribution is -2.24. The number of aromatic amines is 1. The highest BCUT2D eigenvalue weighted by Gasteiger charge is 2.09. The molecular weight excluding hydrogens is 250 g/mol. The molecule has 2 aromatic rings. The number of aromatic nitrogens is 2. The third kappa shape index (κ3) is 2.90. The summed E-state index contributed by atoms with van der Waals surface area (Å²) in [6, 6.07) is 9.05. The first-order chi connectivity index (χ1) is 8.70. The Balaban J connectivity index is 2.15. The predicted molar refractivity (Wildman–Crippen MR) is 71.7 cm³/mol. The third-order valence-electron chi connectivity index (χ3n) is 2.50. The van der Waals surface area contributed by atoms with Crippen molar-refractivity contribution in [3.05, 3.63) is 41.0 Å². The van der Waals surface area contributed by atoms with Crippen LogP contribution in [0.25, 0.3) is 11.3 Å². The number of carbonyl (C=O) groups excluding carboxylic acids is 1. The van der Waals surface area contributed by atoms with Crippen molar-refractivity contribution < 1.29 is 4.79 Å². The molecular formula is C13H14ClN3O. The Morgan fingerprint density at radius 1 is 1.39 bits per heavy atom. The quantitative estimate of drug-likeness (QED) is 0.891. The second kappa shape index (κ2) is 5.69. The van der Waals surface area contributed by atoms with Gasteiger partial charge >= 0.3 is 0 Å². The van der Waals surface area contributed by atoms with Gasteiger partial charge in [0.1, 0.15) is 5.69 Å². The van der Waals surface area contributed by atoms with E-state index in [1.807, 2.05) is 19.1 Å². The van der Waals surface area contributed by atoms with E-state index in [0.717, 1.165) is 17.7 Å². The Labute approximate surface area is 110 Å². The summed E-state index contributed by atoms with van der Waals surface area (Å²) in [7, 11) is 0. The second-order valence-electron chi connectivity index (χ2n) is 3.93. The summed E-state index contributed by atoms with van der Waals surface area (Å²) in [6.07, 6.45) is 0.907. The molecule has 94 valence electrons. The van der Waals surface area contributed by atoms with E-state index in [0.29, 0.717) is 17.3 Å². The van der Waals surface area contributed by atoms with Gasteiger partial charge in [0.15, 0.2) is 0 Å².